The van der Waals surface area contributed by atoms with Crippen LogP contribution in [0.25, 0.3) is 0 Å². The van der Waals surface area contributed by atoms with Gasteiger partial charge in [-0.3, -0.25) is 0 Å². The Morgan fingerprint density at radius 1 is 1.00 bits per heavy atom. The first-order chi connectivity index (χ1) is 9.96. The molecule has 2 aromatic carbocycles. The zero-order valence-electron chi connectivity index (χ0n) is 11.5. The van der Waals surface area contributed by atoms with Crippen LogP contribution in [0.3, 0.4) is 0 Å². The molecule has 1 unspecified atom stereocenters. The van der Waals surface area contributed by atoms with Gasteiger partial charge in [0.15, 0.2) is 0 Å². The van der Waals surface area contributed by atoms with Gasteiger partial charge in [-0.2, -0.15) is 13.2 Å². The van der Waals surface area contributed by atoms with Gasteiger partial charge < -0.3 is 5.32 Å². The lowest BCUT2D eigenvalue weighted by Crippen LogP contribution is -2.11. The first-order valence-electron chi connectivity index (χ1n) is 6.59. The van der Waals surface area contributed by atoms with Crippen molar-refractivity contribution in [1.29, 1.82) is 0 Å². The van der Waals surface area contributed by atoms with Crippen LogP contribution in [0, 0.1) is 0 Å². The lowest BCUT2D eigenvalue weighted by molar-refractivity contribution is -0.0327. The molecule has 2 rings (SSSR count). The SMILES string of the molecule is CC(CNc1ccccc1SC(F)(F)F)c1ccccc1. The number of nitrogens with one attached hydrogen (secondary N) is 1. The number of para-hydroxylation sites is 1. The molecule has 0 saturated carbocycles. The van der Waals surface area contributed by atoms with Gasteiger partial charge >= 0.3 is 5.51 Å². The summed E-state index contributed by atoms with van der Waals surface area (Å²) in [5, 5.41) is 3.11. The molecule has 1 N–H and O–H groups in total. The quantitative estimate of drug-likeness (QED) is 0.730. The standard InChI is InChI=1S/C16H16F3NS/c1-12(13-7-3-2-4-8-13)11-20-14-9-5-6-10-15(14)21-16(17,18)19/h2-10,12,20H,11H2,1H3. The minimum Gasteiger partial charge on any atom is -0.384 e. The van der Waals surface area contributed by atoms with Crippen LogP contribution in [-0.2, 0) is 0 Å². The van der Waals surface area contributed by atoms with E-state index in [1.165, 1.54) is 6.07 Å². The molecule has 0 radical (unpaired) electrons. The Morgan fingerprint density at radius 3 is 2.29 bits per heavy atom. The van der Waals surface area contributed by atoms with Gasteiger partial charge in [0.05, 0.1) is 0 Å². The Balaban J connectivity index is 2.03. The van der Waals surface area contributed by atoms with Crippen molar-refractivity contribution < 1.29 is 13.2 Å². The Hall–Kier alpha value is -1.62. The summed E-state index contributed by atoms with van der Waals surface area (Å²) in [4.78, 5) is 0.199. The van der Waals surface area contributed by atoms with Crippen molar-refractivity contribution in [2.24, 2.45) is 0 Å². The molecule has 0 saturated heterocycles. The van der Waals surface area contributed by atoms with Gasteiger partial charge in [0.25, 0.3) is 0 Å². The van der Waals surface area contributed by atoms with Crippen LogP contribution in [-0.4, -0.2) is 12.1 Å². The van der Waals surface area contributed by atoms with Crippen molar-refractivity contribution in [2.45, 2.75) is 23.2 Å². The van der Waals surface area contributed by atoms with Crippen molar-refractivity contribution in [3.8, 4) is 0 Å². The van der Waals surface area contributed by atoms with Crippen molar-refractivity contribution in [3.63, 3.8) is 0 Å². The van der Waals surface area contributed by atoms with Crippen LogP contribution in [0.5, 0.6) is 0 Å². The molecule has 0 heterocycles. The summed E-state index contributed by atoms with van der Waals surface area (Å²) in [6.07, 6.45) is 0. The van der Waals surface area contributed by atoms with Crippen LogP contribution in [0.15, 0.2) is 59.5 Å². The smallest absolute Gasteiger partial charge is 0.384 e. The minimum absolute atomic E-state index is 0.0877. The second kappa shape index (κ2) is 6.89. The van der Waals surface area contributed by atoms with Crippen molar-refractivity contribution >= 4 is 17.4 Å². The molecule has 1 atom stereocenters. The van der Waals surface area contributed by atoms with E-state index in [0.29, 0.717) is 12.2 Å². The van der Waals surface area contributed by atoms with E-state index in [9.17, 15) is 13.2 Å². The maximum atomic E-state index is 12.5. The van der Waals surface area contributed by atoms with Crippen molar-refractivity contribution in [1.82, 2.24) is 0 Å². The molecule has 0 aliphatic carbocycles. The van der Waals surface area contributed by atoms with E-state index in [1.807, 2.05) is 37.3 Å². The molecule has 0 bridgehead atoms. The van der Waals surface area contributed by atoms with E-state index >= 15 is 0 Å². The summed E-state index contributed by atoms with van der Waals surface area (Å²) in [6.45, 7) is 2.63. The van der Waals surface area contributed by atoms with Gasteiger partial charge in [-0.25, -0.2) is 0 Å². The summed E-state index contributed by atoms with van der Waals surface area (Å²) >= 11 is -0.0877. The molecule has 112 valence electrons. The molecule has 0 amide bonds. The number of anilines is 1. The summed E-state index contributed by atoms with van der Waals surface area (Å²) in [5.74, 6) is 0.218. The highest BCUT2D eigenvalue weighted by Crippen LogP contribution is 2.40. The fraction of sp³-hybridized carbons (Fsp3) is 0.250. The van der Waals surface area contributed by atoms with E-state index in [4.69, 9.17) is 0 Å². The Morgan fingerprint density at radius 2 is 1.62 bits per heavy atom. The number of alkyl halides is 3. The fourth-order valence-corrected chi connectivity index (χ4v) is 2.63. The fourth-order valence-electron chi connectivity index (χ4n) is 1.99. The maximum absolute atomic E-state index is 12.5. The van der Waals surface area contributed by atoms with Gasteiger partial charge in [0.1, 0.15) is 0 Å². The molecule has 2 aromatic rings. The Bertz CT molecular complexity index is 569. The molecule has 0 spiro atoms. The Labute approximate surface area is 126 Å². The molecule has 1 nitrogen and oxygen atoms in total. The third-order valence-electron chi connectivity index (χ3n) is 3.08. The second-order valence-electron chi connectivity index (χ2n) is 4.74. The highest BCUT2D eigenvalue weighted by Gasteiger charge is 2.30. The van der Waals surface area contributed by atoms with E-state index in [1.54, 1.807) is 18.2 Å². The molecule has 5 heteroatoms. The lowest BCUT2D eigenvalue weighted by atomic mass is 10.0. The zero-order chi connectivity index (χ0) is 15.3. The number of benzene rings is 2. The summed E-state index contributed by atoms with van der Waals surface area (Å²) in [7, 11) is 0. The molecular weight excluding hydrogens is 295 g/mol. The van der Waals surface area contributed by atoms with Crippen LogP contribution in [0.1, 0.15) is 18.4 Å². The predicted octanol–water partition coefficient (Wildman–Crippen LogP) is 5.51. The van der Waals surface area contributed by atoms with Gasteiger partial charge in [0.2, 0.25) is 0 Å². The highest BCUT2D eigenvalue weighted by molar-refractivity contribution is 8.00. The number of hydrogen-bond donors (Lipinski definition) is 1. The number of hydrogen-bond acceptors (Lipinski definition) is 2. The molecule has 0 aliphatic rings. The van der Waals surface area contributed by atoms with Crippen LogP contribution in [0.4, 0.5) is 18.9 Å². The van der Waals surface area contributed by atoms with Crippen LogP contribution >= 0.6 is 11.8 Å². The van der Waals surface area contributed by atoms with Crippen molar-refractivity contribution in [2.75, 3.05) is 11.9 Å². The summed E-state index contributed by atoms with van der Waals surface area (Å²) in [6, 6.07) is 16.4. The predicted molar refractivity (Wildman–Crippen MR) is 81.7 cm³/mol. The topological polar surface area (TPSA) is 12.0 Å². The summed E-state index contributed by atoms with van der Waals surface area (Å²) in [5.41, 5.74) is -2.60. The van der Waals surface area contributed by atoms with Crippen LogP contribution in [0.2, 0.25) is 0 Å². The normalized spacial score (nSPS) is 13.0. The maximum Gasteiger partial charge on any atom is 0.446 e. The number of halogens is 3. The average Bonchev–Trinajstić information content (AvgIpc) is 2.45. The van der Waals surface area contributed by atoms with Gasteiger partial charge in [-0.05, 0) is 35.4 Å². The van der Waals surface area contributed by atoms with Gasteiger partial charge in [-0.1, -0.05) is 49.4 Å². The van der Waals surface area contributed by atoms with Gasteiger partial charge in [0, 0.05) is 17.1 Å². The molecule has 0 fully saturated rings. The van der Waals surface area contributed by atoms with E-state index < -0.39 is 5.51 Å². The monoisotopic (exact) mass is 311 g/mol. The van der Waals surface area contributed by atoms with E-state index in [2.05, 4.69) is 5.32 Å². The van der Waals surface area contributed by atoms with Crippen molar-refractivity contribution in [3.05, 3.63) is 60.2 Å². The third-order valence-corrected chi connectivity index (χ3v) is 3.89. The molecular formula is C16H16F3NS. The zero-order valence-corrected chi connectivity index (χ0v) is 12.3. The Kier molecular flexibility index (Phi) is 5.17. The largest absolute Gasteiger partial charge is 0.446 e. The first kappa shape index (κ1) is 15.8. The summed E-state index contributed by atoms with van der Waals surface area (Å²) < 4.78 is 37.6. The van der Waals surface area contributed by atoms with Gasteiger partial charge in [-0.15, -0.1) is 0 Å². The lowest BCUT2D eigenvalue weighted by Gasteiger charge is -2.16. The molecule has 21 heavy (non-hydrogen) atoms. The minimum atomic E-state index is -4.27. The second-order valence-corrected chi connectivity index (χ2v) is 5.84. The van der Waals surface area contributed by atoms with Crippen LogP contribution < -0.4 is 5.32 Å². The molecule has 0 aromatic heterocycles. The highest BCUT2D eigenvalue weighted by atomic mass is 32.2. The van der Waals surface area contributed by atoms with E-state index in [-0.39, 0.29) is 22.6 Å². The third kappa shape index (κ3) is 5.01. The number of thioether (sulfide) groups is 1. The van der Waals surface area contributed by atoms with E-state index in [0.717, 1.165) is 5.56 Å². The average molecular weight is 311 g/mol. The first-order valence-corrected chi connectivity index (χ1v) is 7.41. The molecule has 0 aliphatic heterocycles. The number of rotatable bonds is 5.